The van der Waals surface area contributed by atoms with Crippen molar-refractivity contribution in [3.8, 4) is 11.5 Å². The molecule has 3 rings (SSSR count). The normalized spacial score (nSPS) is 11.5. The first-order valence-corrected chi connectivity index (χ1v) is 10.2. The number of sulfone groups is 1. The van der Waals surface area contributed by atoms with Gasteiger partial charge in [0.25, 0.3) is 0 Å². The molecule has 8 heteroatoms. The van der Waals surface area contributed by atoms with E-state index in [-0.39, 0.29) is 21.7 Å². The summed E-state index contributed by atoms with van der Waals surface area (Å²) in [5.74, 6) is -0.260. The van der Waals surface area contributed by atoms with Crippen LogP contribution in [-0.4, -0.2) is 33.7 Å². The van der Waals surface area contributed by atoms with Crippen LogP contribution in [0.3, 0.4) is 0 Å². The lowest BCUT2D eigenvalue weighted by Crippen LogP contribution is -2.09. The highest BCUT2D eigenvalue weighted by Crippen LogP contribution is 2.33. The number of benzene rings is 2. The minimum absolute atomic E-state index is 0.0543. The van der Waals surface area contributed by atoms with Crippen molar-refractivity contribution in [2.24, 2.45) is 0 Å². The molecule has 0 fully saturated rings. The van der Waals surface area contributed by atoms with Crippen LogP contribution in [0, 0.1) is 12.7 Å². The van der Waals surface area contributed by atoms with Crippen molar-refractivity contribution in [1.29, 1.82) is 0 Å². The van der Waals surface area contributed by atoms with Crippen LogP contribution < -0.4 is 5.32 Å². The standard InChI is InChI=1S/C20H21FN2O4S/c1-14-6-3-4-7-17(14)18-23-20(19(27-18)22-12-5-13-26-2)28(24,25)16-10-8-15(21)9-11-16/h3-4,6-11,22H,5,12-13H2,1-2H3. The van der Waals surface area contributed by atoms with Gasteiger partial charge in [0.2, 0.25) is 26.6 Å². The van der Waals surface area contributed by atoms with E-state index in [0.717, 1.165) is 17.7 Å². The molecule has 0 aliphatic heterocycles. The Balaban J connectivity index is 2.04. The van der Waals surface area contributed by atoms with Crippen molar-refractivity contribution in [2.45, 2.75) is 23.3 Å². The third-order valence-corrected chi connectivity index (χ3v) is 5.84. The summed E-state index contributed by atoms with van der Waals surface area (Å²) in [7, 11) is -2.40. The Kier molecular flexibility index (Phi) is 6.11. The first-order chi connectivity index (χ1) is 13.4. The Hall–Kier alpha value is -2.71. The number of aryl methyl sites for hydroxylation is 1. The third kappa shape index (κ3) is 4.23. The maximum absolute atomic E-state index is 13.2. The summed E-state index contributed by atoms with van der Waals surface area (Å²) in [6.07, 6.45) is 0.660. The van der Waals surface area contributed by atoms with E-state index >= 15 is 0 Å². The maximum atomic E-state index is 13.2. The van der Waals surface area contributed by atoms with Crippen LogP contribution in [0.2, 0.25) is 0 Å². The number of nitrogens with one attached hydrogen (secondary N) is 1. The van der Waals surface area contributed by atoms with Gasteiger partial charge in [0, 0.05) is 25.8 Å². The molecule has 0 unspecified atom stereocenters. The minimum Gasteiger partial charge on any atom is -0.419 e. The third-order valence-electron chi connectivity index (χ3n) is 4.16. The summed E-state index contributed by atoms with van der Waals surface area (Å²) >= 11 is 0. The highest BCUT2D eigenvalue weighted by Gasteiger charge is 2.28. The predicted octanol–water partition coefficient (Wildman–Crippen LogP) is 4.07. The Morgan fingerprint density at radius 1 is 1.14 bits per heavy atom. The Morgan fingerprint density at radius 3 is 2.54 bits per heavy atom. The van der Waals surface area contributed by atoms with Crippen LogP contribution in [-0.2, 0) is 14.6 Å². The second kappa shape index (κ2) is 8.53. The number of halogens is 1. The SMILES string of the molecule is COCCCNc1oc(-c2ccccc2C)nc1S(=O)(=O)c1ccc(F)cc1. The van der Waals surface area contributed by atoms with Crippen LogP contribution in [0.4, 0.5) is 10.3 Å². The molecule has 0 atom stereocenters. The molecule has 2 aromatic carbocycles. The van der Waals surface area contributed by atoms with Gasteiger partial charge in [-0.3, -0.25) is 0 Å². The zero-order chi connectivity index (χ0) is 20.1. The van der Waals surface area contributed by atoms with Gasteiger partial charge in [-0.25, -0.2) is 12.8 Å². The van der Waals surface area contributed by atoms with Crippen molar-refractivity contribution in [3.63, 3.8) is 0 Å². The number of oxazole rings is 1. The average Bonchev–Trinajstić information content (AvgIpc) is 3.11. The first kappa shape index (κ1) is 20.0. The Labute approximate surface area is 163 Å². The molecule has 28 heavy (non-hydrogen) atoms. The number of hydrogen-bond donors (Lipinski definition) is 1. The highest BCUT2D eigenvalue weighted by molar-refractivity contribution is 7.91. The molecule has 6 nitrogen and oxygen atoms in total. The molecule has 0 amide bonds. The van der Waals surface area contributed by atoms with Crippen LogP contribution >= 0.6 is 0 Å². The second-order valence-electron chi connectivity index (χ2n) is 6.20. The number of ether oxygens (including phenoxy) is 1. The quantitative estimate of drug-likeness (QED) is 0.450. The van der Waals surface area contributed by atoms with Crippen molar-refractivity contribution < 1.29 is 22.0 Å². The van der Waals surface area contributed by atoms with Gasteiger partial charge in [-0.15, -0.1) is 0 Å². The van der Waals surface area contributed by atoms with Gasteiger partial charge in [-0.1, -0.05) is 18.2 Å². The molecule has 1 N–H and O–H groups in total. The second-order valence-corrected chi connectivity index (χ2v) is 8.06. The summed E-state index contributed by atoms with van der Waals surface area (Å²) in [4.78, 5) is 4.21. The molecule has 148 valence electrons. The number of aromatic nitrogens is 1. The van der Waals surface area contributed by atoms with Gasteiger partial charge < -0.3 is 14.5 Å². The molecule has 0 radical (unpaired) electrons. The van der Waals surface area contributed by atoms with Gasteiger partial charge in [0.1, 0.15) is 5.82 Å². The molecule has 0 aliphatic carbocycles. The Bertz CT molecular complexity index is 1050. The molecule has 0 aliphatic rings. The van der Waals surface area contributed by atoms with Gasteiger partial charge in [-0.05, 0) is 49.2 Å². The smallest absolute Gasteiger partial charge is 0.233 e. The van der Waals surface area contributed by atoms with Crippen molar-refractivity contribution in [2.75, 3.05) is 25.6 Å². The zero-order valence-electron chi connectivity index (χ0n) is 15.6. The fourth-order valence-corrected chi connectivity index (χ4v) is 3.95. The lowest BCUT2D eigenvalue weighted by molar-refractivity contribution is 0.197. The van der Waals surface area contributed by atoms with Gasteiger partial charge in [0.05, 0.1) is 4.90 Å². The van der Waals surface area contributed by atoms with Crippen LogP contribution in [0.15, 0.2) is 62.9 Å². The van der Waals surface area contributed by atoms with Crippen molar-refractivity contribution >= 4 is 15.7 Å². The summed E-state index contributed by atoms with van der Waals surface area (Å²) in [6.45, 7) is 2.85. The molecule has 0 bridgehead atoms. The molecular weight excluding hydrogens is 383 g/mol. The van der Waals surface area contributed by atoms with Crippen LogP contribution in [0.1, 0.15) is 12.0 Å². The average molecular weight is 404 g/mol. The monoisotopic (exact) mass is 404 g/mol. The predicted molar refractivity (Wildman–Crippen MR) is 104 cm³/mol. The summed E-state index contributed by atoms with van der Waals surface area (Å²) in [5, 5.41) is 2.76. The van der Waals surface area contributed by atoms with Crippen molar-refractivity contribution in [1.82, 2.24) is 4.98 Å². The van der Waals surface area contributed by atoms with E-state index in [1.54, 1.807) is 7.11 Å². The first-order valence-electron chi connectivity index (χ1n) is 8.74. The van der Waals surface area contributed by atoms with Gasteiger partial charge in [0.15, 0.2) is 0 Å². The number of anilines is 1. The van der Waals surface area contributed by atoms with E-state index in [9.17, 15) is 12.8 Å². The fourth-order valence-electron chi connectivity index (χ4n) is 2.67. The highest BCUT2D eigenvalue weighted by atomic mass is 32.2. The molecule has 1 heterocycles. The minimum atomic E-state index is -3.99. The molecule has 0 saturated heterocycles. The van der Waals surface area contributed by atoms with E-state index in [2.05, 4.69) is 10.3 Å². The maximum Gasteiger partial charge on any atom is 0.233 e. The fraction of sp³-hybridized carbons (Fsp3) is 0.250. The summed E-state index contributed by atoms with van der Waals surface area (Å²) in [6, 6.07) is 12.0. The van der Waals surface area contributed by atoms with Gasteiger partial charge >= 0.3 is 0 Å². The Morgan fingerprint density at radius 2 is 1.86 bits per heavy atom. The molecular formula is C20H21FN2O4S. The number of rotatable bonds is 8. The summed E-state index contributed by atoms with van der Waals surface area (Å²) < 4.78 is 50.1. The molecule has 3 aromatic rings. The topological polar surface area (TPSA) is 81.4 Å². The van der Waals surface area contributed by atoms with E-state index in [4.69, 9.17) is 9.15 Å². The number of hydrogen-bond acceptors (Lipinski definition) is 6. The van der Waals surface area contributed by atoms with E-state index in [1.165, 1.54) is 12.1 Å². The zero-order valence-corrected chi connectivity index (χ0v) is 16.4. The van der Waals surface area contributed by atoms with E-state index in [0.29, 0.717) is 25.1 Å². The molecule has 0 saturated carbocycles. The molecule has 1 aromatic heterocycles. The van der Waals surface area contributed by atoms with Crippen LogP contribution in [0.5, 0.6) is 0 Å². The van der Waals surface area contributed by atoms with E-state index in [1.807, 2.05) is 31.2 Å². The number of methoxy groups -OCH3 is 1. The lowest BCUT2D eigenvalue weighted by atomic mass is 10.1. The van der Waals surface area contributed by atoms with Gasteiger partial charge in [-0.2, -0.15) is 4.98 Å². The van der Waals surface area contributed by atoms with Crippen LogP contribution in [0.25, 0.3) is 11.5 Å². The number of nitrogens with zero attached hydrogens (tertiary/aromatic N) is 1. The van der Waals surface area contributed by atoms with Crippen molar-refractivity contribution in [3.05, 3.63) is 59.9 Å². The largest absolute Gasteiger partial charge is 0.419 e. The van der Waals surface area contributed by atoms with E-state index < -0.39 is 15.7 Å². The lowest BCUT2D eigenvalue weighted by Gasteiger charge is -2.06. The molecule has 0 spiro atoms. The summed E-state index contributed by atoms with van der Waals surface area (Å²) in [5.41, 5.74) is 1.60.